The third-order valence-corrected chi connectivity index (χ3v) is 6.43. The molecule has 0 aromatic rings. The van der Waals surface area contributed by atoms with Crippen LogP contribution in [0.15, 0.2) is 23.8 Å². The van der Waals surface area contributed by atoms with Gasteiger partial charge >= 0.3 is 0 Å². The molecule has 0 saturated heterocycles. The van der Waals surface area contributed by atoms with Crippen LogP contribution in [0.5, 0.6) is 0 Å². The first-order chi connectivity index (χ1) is 11.4. The maximum absolute atomic E-state index is 2.55. The molecule has 0 aromatic heterocycles. The highest BCUT2D eigenvalue weighted by atomic mass is 14.3. The van der Waals surface area contributed by atoms with Crippen LogP contribution in [0.2, 0.25) is 0 Å². The molecule has 0 nitrogen and oxygen atoms in total. The molecular weight excluding hydrogens is 300 g/mol. The van der Waals surface area contributed by atoms with Gasteiger partial charge in [0.25, 0.3) is 0 Å². The Kier molecular flexibility index (Phi) is 11.0. The minimum atomic E-state index is 0.283. The summed E-state index contributed by atoms with van der Waals surface area (Å²) in [6.07, 6.45) is 11.2. The zero-order valence-corrected chi connectivity index (χ0v) is 19.3. The van der Waals surface area contributed by atoms with Gasteiger partial charge in [-0.1, -0.05) is 93.0 Å². The molecule has 0 aliphatic carbocycles. The molecule has 0 aliphatic heterocycles. The molecule has 0 bridgehead atoms. The summed E-state index contributed by atoms with van der Waals surface area (Å²) >= 11 is 0. The Labute approximate surface area is 160 Å². The summed E-state index contributed by atoms with van der Waals surface area (Å²) in [6.45, 7) is 26.1. The van der Waals surface area contributed by atoms with Crippen LogP contribution in [0.1, 0.15) is 95.4 Å². The smallest absolute Gasteiger partial charge is 0.00227 e. The van der Waals surface area contributed by atoms with Gasteiger partial charge in [-0.25, -0.2) is 0 Å². The van der Waals surface area contributed by atoms with Crippen molar-refractivity contribution in [2.75, 3.05) is 0 Å². The Hall–Kier alpha value is -0.520. The van der Waals surface area contributed by atoms with Gasteiger partial charge in [-0.3, -0.25) is 0 Å². The lowest BCUT2D eigenvalue weighted by molar-refractivity contribution is 0.229. The summed E-state index contributed by atoms with van der Waals surface area (Å²) < 4.78 is 0. The molecule has 5 atom stereocenters. The highest BCUT2D eigenvalue weighted by Gasteiger charge is 2.26. The Morgan fingerprint density at radius 3 is 1.84 bits per heavy atom. The first-order valence-electron chi connectivity index (χ1n) is 10.8. The normalized spacial score (nSPS) is 19.9. The predicted octanol–water partition coefficient (Wildman–Crippen LogP) is 8.54. The Bertz CT molecular complexity index is 404. The minimum absolute atomic E-state index is 0.283. The van der Waals surface area contributed by atoms with Gasteiger partial charge in [-0.2, -0.15) is 0 Å². The highest BCUT2D eigenvalue weighted by Crippen LogP contribution is 2.36. The molecular formula is C25H48. The van der Waals surface area contributed by atoms with E-state index < -0.39 is 0 Å². The van der Waals surface area contributed by atoms with Crippen molar-refractivity contribution in [3.63, 3.8) is 0 Å². The Morgan fingerprint density at radius 1 is 0.880 bits per heavy atom. The molecule has 0 aromatic carbocycles. The molecule has 0 fully saturated rings. The molecule has 0 saturated carbocycles. The van der Waals surface area contributed by atoms with E-state index in [4.69, 9.17) is 0 Å². The maximum Gasteiger partial charge on any atom is 0.00227 e. The number of allylic oxidation sites excluding steroid dienone is 4. The predicted molar refractivity (Wildman–Crippen MR) is 117 cm³/mol. The second-order valence-corrected chi connectivity index (χ2v) is 9.95. The third kappa shape index (κ3) is 8.61. The van der Waals surface area contributed by atoms with Crippen molar-refractivity contribution in [2.24, 2.45) is 40.9 Å². The third-order valence-electron chi connectivity index (χ3n) is 6.43. The molecule has 0 N–H and O–H groups in total. The monoisotopic (exact) mass is 348 g/mol. The van der Waals surface area contributed by atoms with Crippen LogP contribution in [0.25, 0.3) is 0 Å². The van der Waals surface area contributed by atoms with Crippen molar-refractivity contribution < 1.29 is 0 Å². The maximum atomic E-state index is 2.55. The molecule has 0 rings (SSSR count). The summed E-state index contributed by atoms with van der Waals surface area (Å²) in [6, 6.07) is 0. The lowest BCUT2D eigenvalue weighted by atomic mass is 9.73. The van der Waals surface area contributed by atoms with E-state index >= 15 is 0 Å². The van der Waals surface area contributed by atoms with Crippen molar-refractivity contribution in [2.45, 2.75) is 95.4 Å². The zero-order chi connectivity index (χ0) is 19.8. The van der Waals surface area contributed by atoms with Crippen molar-refractivity contribution in [1.29, 1.82) is 0 Å². The van der Waals surface area contributed by atoms with E-state index in [2.05, 4.69) is 94.4 Å². The van der Waals surface area contributed by atoms with Gasteiger partial charge in [0.2, 0.25) is 0 Å². The van der Waals surface area contributed by atoms with Crippen molar-refractivity contribution >= 4 is 0 Å². The lowest BCUT2D eigenvalue weighted by Crippen LogP contribution is -2.22. The molecule has 0 spiro atoms. The first kappa shape index (κ1) is 24.5. The van der Waals surface area contributed by atoms with Gasteiger partial charge in [0, 0.05) is 5.92 Å². The lowest BCUT2D eigenvalue weighted by Gasteiger charge is -2.32. The van der Waals surface area contributed by atoms with Crippen LogP contribution in [0.4, 0.5) is 0 Å². The molecule has 0 aliphatic rings. The zero-order valence-electron chi connectivity index (χ0n) is 19.3. The van der Waals surface area contributed by atoms with E-state index in [1.54, 1.807) is 0 Å². The quantitative estimate of drug-likeness (QED) is 0.347. The minimum Gasteiger partial charge on any atom is -0.0853 e. The van der Waals surface area contributed by atoms with E-state index in [-0.39, 0.29) is 5.41 Å². The summed E-state index contributed by atoms with van der Waals surface area (Å²) in [7, 11) is 0. The van der Waals surface area contributed by atoms with Gasteiger partial charge in [0.1, 0.15) is 0 Å². The van der Waals surface area contributed by atoms with Crippen LogP contribution in [-0.2, 0) is 0 Å². The molecule has 25 heavy (non-hydrogen) atoms. The van der Waals surface area contributed by atoms with E-state index in [0.717, 1.165) is 30.1 Å². The van der Waals surface area contributed by atoms with Crippen LogP contribution in [0, 0.1) is 40.9 Å². The van der Waals surface area contributed by atoms with Crippen molar-refractivity contribution in [1.82, 2.24) is 0 Å². The fourth-order valence-corrected chi connectivity index (χ4v) is 4.00. The number of hydrogen-bond acceptors (Lipinski definition) is 0. The average molecular weight is 349 g/mol. The van der Waals surface area contributed by atoms with Gasteiger partial charge in [-0.15, -0.1) is 0 Å². The molecule has 0 heteroatoms. The standard InChI is InChI=1S/C25H48/c1-12-14-19(5)24(25(9,10)11)16-15-23(13-2)22(8)21(7)17-20(6)18(3)4/h14-16,18,20-24H,12-13,17H2,1-11H3. The second-order valence-electron chi connectivity index (χ2n) is 9.95. The topological polar surface area (TPSA) is 0 Å². The summed E-state index contributed by atoms with van der Waals surface area (Å²) in [4.78, 5) is 0. The summed E-state index contributed by atoms with van der Waals surface area (Å²) in [5.41, 5.74) is 1.81. The molecule has 148 valence electrons. The average Bonchev–Trinajstić information content (AvgIpc) is 2.49. The van der Waals surface area contributed by atoms with Crippen LogP contribution >= 0.6 is 0 Å². The van der Waals surface area contributed by atoms with Crippen LogP contribution in [-0.4, -0.2) is 0 Å². The molecule has 5 unspecified atom stereocenters. The Balaban J connectivity index is 5.20. The van der Waals surface area contributed by atoms with E-state index in [0.29, 0.717) is 11.8 Å². The van der Waals surface area contributed by atoms with Gasteiger partial charge in [0.15, 0.2) is 0 Å². The van der Waals surface area contributed by atoms with Crippen LogP contribution in [0.3, 0.4) is 0 Å². The first-order valence-corrected chi connectivity index (χ1v) is 10.8. The van der Waals surface area contributed by atoms with E-state index in [1.165, 1.54) is 18.4 Å². The SMILES string of the molecule is CCC=C(C)C(C=CC(CC)C(C)C(C)CC(C)C(C)C)C(C)(C)C. The molecule has 0 amide bonds. The second kappa shape index (κ2) is 11.2. The van der Waals surface area contributed by atoms with Crippen molar-refractivity contribution in [3.05, 3.63) is 23.8 Å². The number of rotatable bonds is 10. The fourth-order valence-electron chi connectivity index (χ4n) is 4.00. The largest absolute Gasteiger partial charge is 0.0853 e. The molecule has 0 radical (unpaired) electrons. The van der Waals surface area contributed by atoms with Crippen LogP contribution < -0.4 is 0 Å². The van der Waals surface area contributed by atoms with Gasteiger partial charge in [0.05, 0.1) is 0 Å². The fraction of sp³-hybridized carbons (Fsp3) is 0.840. The van der Waals surface area contributed by atoms with Gasteiger partial charge < -0.3 is 0 Å². The van der Waals surface area contributed by atoms with Crippen molar-refractivity contribution in [3.8, 4) is 0 Å². The highest BCUT2D eigenvalue weighted by molar-refractivity contribution is 5.15. The summed E-state index contributed by atoms with van der Waals surface area (Å²) in [5, 5.41) is 0. The Morgan fingerprint density at radius 2 is 1.44 bits per heavy atom. The van der Waals surface area contributed by atoms with Gasteiger partial charge in [-0.05, 0) is 61.2 Å². The number of hydrogen-bond donors (Lipinski definition) is 0. The van der Waals surface area contributed by atoms with E-state index in [1.807, 2.05) is 0 Å². The summed E-state index contributed by atoms with van der Waals surface area (Å²) in [5.74, 6) is 4.37. The van der Waals surface area contributed by atoms with E-state index in [9.17, 15) is 0 Å². The molecule has 0 heterocycles.